The number of Topliss-reactive ketones (excluding diaryl/α,β-unsaturated/α-hetero) is 1. The topological polar surface area (TPSA) is 284 Å². The number of phenolic OH excluding ortho intramolecular Hbond substituents is 1. The van der Waals surface area contributed by atoms with Gasteiger partial charge in [0, 0.05) is 18.1 Å². The van der Waals surface area contributed by atoms with Crippen LogP contribution in [-0.2, 0) is 14.2 Å². The van der Waals surface area contributed by atoms with Crippen molar-refractivity contribution in [1.82, 2.24) is 0 Å². The van der Waals surface area contributed by atoms with Crippen LogP contribution in [0.4, 0.5) is 0 Å². The third-order valence-electron chi connectivity index (χ3n) is 9.15. The molecule has 5 rings (SSSR count). The molecule has 0 spiro atoms. The molecule has 1 aliphatic carbocycles. The van der Waals surface area contributed by atoms with Crippen molar-refractivity contribution in [3.05, 3.63) is 41.5 Å². The predicted molar refractivity (Wildman–Crippen MR) is 173 cm³/mol. The molecule has 2 aromatic carbocycles. The number of aromatic hydroxyl groups is 1. The van der Waals surface area contributed by atoms with Gasteiger partial charge in [-0.25, -0.2) is 0 Å². The zero-order chi connectivity index (χ0) is 37.7. The second kappa shape index (κ2) is 17.6. The molecule has 0 aromatic heterocycles. The smallest absolute Gasteiger partial charge is 0.203 e. The molecule has 2 aliphatic heterocycles. The van der Waals surface area contributed by atoms with E-state index < -0.39 is 84.8 Å². The van der Waals surface area contributed by atoms with E-state index in [2.05, 4.69) is 0 Å². The van der Waals surface area contributed by atoms with Gasteiger partial charge in [0.05, 0.1) is 44.7 Å². The lowest BCUT2D eigenvalue weighted by atomic mass is 9.80. The van der Waals surface area contributed by atoms with E-state index in [1.807, 2.05) is 0 Å². The largest absolute Gasteiger partial charge is 0.507 e. The van der Waals surface area contributed by atoms with Crippen LogP contribution in [0.25, 0.3) is 0 Å². The highest BCUT2D eigenvalue weighted by Crippen LogP contribution is 2.45. The van der Waals surface area contributed by atoms with E-state index in [1.54, 1.807) is 0 Å². The Morgan fingerprint density at radius 1 is 0.769 bits per heavy atom. The molecule has 1 saturated heterocycles. The Bertz CT molecular complexity index is 1490. The van der Waals surface area contributed by atoms with E-state index in [0.717, 1.165) is 6.07 Å². The van der Waals surface area contributed by atoms with Gasteiger partial charge in [0.1, 0.15) is 73.2 Å². The van der Waals surface area contributed by atoms with Crippen molar-refractivity contribution >= 4 is 5.78 Å². The highest BCUT2D eigenvalue weighted by atomic mass is 16.7. The highest BCUT2D eigenvalue weighted by molar-refractivity contribution is 6.05. The number of hydrogen-bond acceptors (Lipinski definition) is 18. The second-order valence-electron chi connectivity index (χ2n) is 12.7. The molecule has 0 bridgehead atoms. The standard InChI is InChI=1S/C34H46O18/c1-15-25(39)29(43)31(45)34(50-15)49-14-17-11-23(27(41)30(44)26(17)40)52-33-28(42)24-19(38)12-18(46-7-4-35)13-22(24)51-32(33)16-2-3-20(47-8-5-36)21(10-16)48-9-6-37/h2-3,10,12-13,15,17,23,25-27,29-41,43-45H,4-9,11,14H2,1H3/t15-,17+,23+,25+,26+,27-,29-,30-,31-,32?,33?,34+/m0/s1. The van der Waals surface area contributed by atoms with Crippen molar-refractivity contribution in [3.8, 4) is 28.7 Å². The number of benzene rings is 2. The number of carbonyl (C=O) groups is 1. The maximum Gasteiger partial charge on any atom is 0.203 e. The summed E-state index contributed by atoms with van der Waals surface area (Å²) in [5.41, 5.74) is -0.000147. The van der Waals surface area contributed by atoms with Gasteiger partial charge in [-0.15, -0.1) is 0 Å². The molecule has 2 unspecified atom stereocenters. The fourth-order valence-corrected chi connectivity index (χ4v) is 6.40. The Morgan fingerprint density at radius 2 is 1.42 bits per heavy atom. The zero-order valence-electron chi connectivity index (χ0n) is 28.2. The number of ketones is 1. The monoisotopic (exact) mass is 742 g/mol. The molecule has 52 heavy (non-hydrogen) atoms. The number of ether oxygens (including phenoxy) is 7. The first-order valence-electron chi connectivity index (χ1n) is 16.8. The van der Waals surface area contributed by atoms with Crippen molar-refractivity contribution in [1.29, 1.82) is 0 Å². The van der Waals surface area contributed by atoms with E-state index >= 15 is 0 Å². The summed E-state index contributed by atoms with van der Waals surface area (Å²) in [6.07, 6.45) is -16.4. The molecule has 2 heterocycles. The molecule has 1 saturated carbocycles. The van der Waals surface area contributed by atoms with Crippen molar-refractivity contribution in [2.24, 2.45) is 5.92 Å². The molecule has 10 N–H and O–H groups in total. The molecule has 12 atom stereocenters. The number of aliphatic hydroxyl groups excluding tert-OH is 9. The van der Waals surface area contributed by atoms with Crippen molar-refractivity contribution in [2.45, 2.75) is 80.7 Å². The van der Waals surface area contributed by atoms with E-state index in [-0.39, 0.29) is 86.8 Å². The number of fused-ring (bicyclic) bond motifs is 1. The Kier molecular flexibility index (Phi) is 13.5. The van der Waals surface area contributed by atoms with Crippen LogP contribution in [-0.4, -0.2) is 164 Å². The van der Waals surface area contributed by atoms with Crippen LogP contribution in [0, 0.1) is 5.92 Å². The summed E-state index contributed by atoms with van der Waals surface area (Å²) in [4.78, 5) is 14.2. The molecule has 2 aromatic rings. The number of phenols is 1. The van der Waals surface area contributed by atoms with Gasteiger partial charge in [0.25, 0.3) is 0 Å². The van der Waals surface area contributed by atoms with Crippen molar-refractivity contribution in [2.75, 3.05) is 46.2 Å². The number of rotatable bonds is 15. The third-order valence-corrected chi connectivity index (χ3v) is 9.15. The lowest BCUT2D eigenvalue weighted by Gasteiger charge is -2.44. The molecular weight excluding hydrogens is 696 g/mol. The lowest BCUT2D eigenvalue weighted by molar-refractivity contribution is -0.300. The van der Waals surface area contributed by atoms with Crippen LogP contribution in [0.3, 0.4) is 0 Å². The summed E-state index contributed by atoms with van der Waals surface area (Å²) in [6.45, 7) is -0.205. The van der Waals surface area contributed by atoms with Gasteiger partial charge in [-0.1, -0.05) is 6.07 Å². The predicted octanol–water partition coefficient (Wildman–Crippen LogP) is -2.48. The van der Waals surface area contributed by atoms with Crippen LogP contribution in [0.1, 0.15) is 35.4 Å². The van der Waals surface area contributed by atoms with E-state index in [1.165, 1.54) is 31.2 Å². The fourth-order valence-electron chi connectivity index (χ4n) is 6.40. The van der Waals surface area contributed by atoms with Crippen LogP contribution in [0.5, 0.6) is 28.7 Å². The number of hydrogen-bond donors (Lipinski definition) is 10. The first kappa shape index (κ1) is 39.8. The average Bonchev–Trinajstić information content (AvgIpc) is 3.13. The summed E-state index contributed by atoms with van der Waals surface area (Å²) >= 11 is 0. The summed E-state index contributed by atoms with van der Waals surface area (Å²) in [5.74, 6) is -1.96. The van der Waals surface area contributed by atoms with Crippen LogP contribution in [0.15, 0.2) is 30.3 Å². The quantitative estimate of drug-likeness (QED) is 0.0904. The molecule has 0 radical (unpaired) electrons. The van der Waals surface area contributed by atoms with Crippen molar-refractivity contribution in [3.63, 3.8) is 0 Å². The van der Waals surface area contributed by atoms with E-state index in [9.17, 15) is 55.9 Å². The van der Waals surface area contributed by atoms with Crippen LogP contribution < -0.4 is 18.9 Å². The van der Waals surface area contributed by atoms with Gasteiger partial charge in [-0.05, 0) is 31.0 Å². The summed E-state index contributed by atoms with van der Waals surface area (Å²) in [7, 11) is 0. The first-order valence-corrected chi connectivity index (χ1v) is 16.8. The molecule has 0 amide bonds. The lowest BCUT2D eigenvalue weighted by Crippen LogP contribution is -2.59. The molecule has 2 fully saturated rings. The van der Waals surface area contributed by atoms with Gasteiger partial charge in [0.15, 0.2) is 30.0 Å². The van der Waals surface area contributed by atoms with Gasteiger partial charge in [0.2, 0.25) is 5.78 Å². The summed E-state index contributed by atoms with van der Waals surface area (Å²) in [5, 5.41) is 102. The summed E-state index contributed by atoms with van der Waals surface area (Å²) in [6, 6.07) is 6.97. The molecule has 18 nitrogen and oxygen atoms in total. The Labute approximate surface area is 297 Å². The minimum atomic E-state index is -1.79. The molecule has 290 valence electrons. The fraction of sp³-hybridized carbons (Fsp3) is 0.618. The van der Waals surface area contributed by atoms with Gasteiger partial charge in [-0.3, -0.25) is 4.79 Å². The summed E-state index contributed by atoms with van der Waals surface area (Å²) < 4.78 is 40.2. The maximum absolute atomic E-state index is 14.2. The number of aliphatic hydroxyl groups is 9. The average molecular weight is 743 g/mol. The van der Waals surface area contributed by atoms with Gasteiger partial charge >= 0.3 is 0 Å². The minimum absolute atomic E-state index is 0.0751. The third kappa shape index (κ3) is 8.54. The van der Waals surface area contributed by atoms with E-state index in [0.29, 0.717) is 0 Å². The number of carbonyl (C=O) groups excluding carboxylic acids is 1. The minimum Gasteiger partial charge on any atom is -0.507 e. The maximum atomic E-state index is 14.2. The molecule has 18 heteroatoms. The molecular formula is C34H46O18. The van der Waals surface area contributed by atoms with Gasteiger partial charge < -0.3 is 84.2 Å². The SMILES string of the molecule is C[C@@H]1O[C@@H](OC[C@H]2C[C@@H](OC3C(=O)c4c(O)cc(OCCO)cc4OC3c3ccc(OCCO)c(OCCO)c3)[C@H](O)[C@@H](O)[C@@H]2O)[C@@H](O)[C@@H](O)[C@@H]1O. The highest BCUT2D eigenvalue weighted by Gasteiger charge is 2.49. The van der Waals surface area contributed by atoms with Crippen LogP contribution >= 0.6 is 0 Å². The zero-order valence-corrected chi connectivity index (χ0v) is 28.2. The second-order valence-corrected chi connectivity index (χ2v) is 12.7. The van der Waals surface area contributed by atoms with Gasteiger partial charge in [-0.2, -0.15) is 0 Å². The van der Waals surface area contributed by atoms with Crippen molar-refractivity contribution < 1.29 is 89.0 Å². The Morgan fingerprint density at radius 3 is 2.12 bits per heavy atom. The Hall–Kier alpha value is -3.37. The first-order chi connectivity index (χ1) is 24.9. The van der Waals surface area contributed by atoms with Crippen LogP contribution in [0.2, 0.25) is 0 Å². The Balaban J connectivity index is 1.45. The van der Waals surface area contributed by atoms with E-state index in [4.69, 9.17) is 33.2 Å². The molecule has 3 aliphatic rings. The normalized spacial score (nSPS) is 33.2.